The minimum atomic E-state index is -0.434. The molecule has 0 radical (unpaired) electrons. The van der Waals surface area contributed by atoms with Crippen LogP contribution < -0.4 is 11.1 Å². The van der Waals surface area contributed by atoms with Crippen LogP contribution in [0.2, 0.25) is 0 Å². The predicted molar refractivity (Wildman–Crippen MR) is 72.1 cm³/mol. The van der Waals surface area contributed by atoms with Crippen LogP contribution in [0.5, 0.6) is 0 Å². The van der Waals surface area contributed by atoms with Crippen LogP contribution in [0, 0.1) is 0 Å². The summed E-state index contributed by atoms with van der Waals surface area (Å²) in [5, 5.41) is 2.73. The second kappa shape index (κ2) is 4.97. The molecule has 1 saturated heterocycles. The highest BCUT2D eigenvalue weighted by atomic mass is 79.9. The minimum absolute atomic E-state index is 0.0524. The van der Waals surface area contributed by atoms with E-state index in [1.54, 1.807) is 30.1 Å². The van der Waals surface area contributed by atoms with Crippen molar-refractivity contribution in [1.29, 1.82) is 0 Å². The van der Waals surface area contributed by atoms with Gasteiger partial charge < -0.3 is 16.0 Å². The fourth-order valence-corrected chi connectivity index (χ4v) is 2.34. The van der Waals surface area contributed by atoms with Crippen LogP contribution in [0.4, 0.5) is 5.69 Å². The Morgan fingerprint density at radius 3 is 2.89 bits per heavy atom. The maximum absolute atomic E-state index is 12.1. The van der Waals surface area contributed by atoms with Gasteiger partial charge in [0.25, 0.3) is 5.91 Å². The number of likely N-dealkylation sites (N-methyl/N-ethyl adjacent to an activating group) is 1. The number of likely N-dealkylation sites (tertiary alicyclic amines) is 1. The first-order chi connectivity index (χ1) is 8.49. The van der Waals surface area contributed by atoms with Crippen LogP contribution in [0.1, 0.15) is 16.8 Å². The highest BCUT2D eigenvalue weighted by Gasteiger charge is 2.30. The molecule has 1 aliphatic rings. The smallest absolute Gasteiger partial charge is 0.253 e. The van der Waals surface area contributed by atoms with Gasteiger partial charge in [-0.15, -0.1) is 0 Å². The van der Waals surface area contributed by atoms with E-state index in [1.165, 1.54) is 0 Å². The van der Waals surface area contributed by atoms with Crippen LogP contribution in [-0.4, -0.2) is 36.3 Å². The summed E-state index contributed by atoms with van der Waals surface area (Å²) in [7, 11) is 1.73. The molecule has 18 heavy (non-hydrogen) atoms. The molecule has 0 aliphatic carbocycles. The third-order valence-electron chi connectivity index (χ3n) is 2.97. The molecule has 1 fully saturated rings. The standard InChI is InChI=1S/C12H14BrN3O2/c1-16-5-4-10(12(16)18)15-11(17)8-6-7(14)2-3-9(8)13/h2-3,6,10H,4-5,14H2,1H3,(H,15,17). The van der Waals surface area contributed by atoms with Gasteiger partial charge in [-0.25, -0.2) is 0 Å². The lowest BCUT2D eigenvalue weighted by molar-refractivity contribution is -0.128. The van der Waals surface area contributed by atoms with Crippen molar-refractivity contribution in [2.45, 2.75) is 12.5 Å². The monoisotopic (exact) mass is 311 g/mol. The Hall–Kier alpha value is -1.56. The van der Waals surface area contributed by atoms with Crippen LogP contribution in [0.15, 0.2) is 22.7 Å². The summed E-state index contributed by atoms with van der Waals surface area (Å²) in [6, 6.07) is 4.57. The van der Waals surface area contributed by atoms with E-state index in [9.17, 15) is 9.59 Å². The van der Waals surface area contributed by atoms with Crippen LogP contribution in [0.25, 0.3) is 0 Å². The first-order valence-corrected chi connectivity index (χ1v) is 6.39. The zero-order chi connectivity index (χ0) is 13.3. The average Bonchev–Trinajstić information content (AvgIpc) is 2.64. The van der Waals surface area contributed by atoms with Gasteiger partial charge in [-0.1, -0.05) is 0 Å². The van der Waals surface area contributed by atoms with Gasteiger partial charge >= 0.3 is 0 Å². The molecule has 1 aromatic carbocycles. The molecular weight excluding hydrogens is 298 g/mol. The van der Waals surface area contributed by atoms with Gasteiger partial charge in [0.15, 0.2) is 0 Å². The third-order valence-corrected chi connectivity index (χ3v) is 3.66. The second-order valence-electron chi connectivity index (χ2n) is 4.31. The number of anilines is 1. The second-order valence-corrected chi connectivity index (χ2v) is 5.17. The van der Waals surface area contributed by atoms with Crippen LogP contribution >= 0.6 is 15.9 Å². The van der Waals surface area contributed by atoms with E-state index in [-0.39, 0.29) is 11.8 Å². The van der Waals surface area contributed by atoms with Crippen molar-refractivity contribution in [3.8, 4) is 0 Å². The highest BCUT2D eigenvalue weighted by Crippen LogP contribution is 2.20. The van der Waals surface area contributed by atoms with Crippen molar-refractivity contribution in [3.63, 3.8) is 0 Å². The number of hydrogen-bond acceptors (Lipinski definition) is 3. The van der Waals surface area contributed by atoms with Gasteiger partial charge in [-0.2, -0.15) is 0 Å². The molecule has 1 atom stereocenters. The molecule has 1 unspecified atom stereocenters. The summed E-state index contributed by atoms with van der Waals surface area (Å²) in [6.07, 6.45) is 0.640. The van der Waals surface area contributed by atoms with Crippen molar-refractivity contribution in [1.82, 2.24) is 10.2 Å². The number of nitrogen functional groups attached to an aromatic ring is 1. The lowest BCUT2D eigenvalue weighted by atomic mass is 10.1. The summed E-state index contributed by atoms with van der Waals surface area (Å²) in [5.74, 6) is -0.341. The summed E-state index contributed by atoms with van der Waals surface area (Å²) >= 11 is 3.30. The Labute approximate surface area is 113 Å². The van der Waals surface area contributed by atoms with Crippen molar-refractivity contribution >= 4 is 33.4 Å². The summed E-state index contributed by atoms with van der Waals surface area (Å²) in [4.78, 5) is 25.4. The minimum Gasteiger partial charge on any atom is -0.399 e. The normalized spacial score (nSPS) is 19.1. The number of nitrogens with one attached hydrogen (secondary N) is 1. The molecule has 96 valence electrons. The Morgan fingerprint density at radius 2 is 2.28 bits per heavy atom. The number of nitrogens with two attached hydrogens (primary N) is 1. The van der Waals surface area contributed by atoms with E-state index in [0.717, 1.165) is 0 Å². The lowest BCUT2D eigenvalue weighted by Crippen LogP contribution is -2.40. The molecule has 2 rings (SSSR count). The number of carbonyl (C=O) groups excluding carboxylic acids is 2. The molecule has 1 aromatic rings. The Balaban J connectivity index is 2.13. The van der Waals surface area contributed by atoms with Gasteiger partial charge in [0, 0.05) is 23.8 Å². The van der Waals surface area contributed by atoms with E-state index in [0.29, 0.717) is 28.7 Å². The van der Waals surface area contributed by atoms with Gasteiger partial charge in [0.2, 0.25) is 5.91 Å². The molecule has 6 heteroatoms. The Kier molecular flexibility index (Phi) is 3.56. The molecule has 2 amide bonds. The summed E-state index contributed by atoms with van der Waals surface area (Å²) < 4.78 is 0.660. The first-order valence-electron chi connectivity index (χ1n) is 5.60. The third kappa shape index (κ3) is 2.48. The molecular formula is C12H14BrN3O2. The fraction of sp³-hybridized carbons (Fsp3) is 0.333. The molecule has 3 N–H and O–H groups in total. The topological polar surface area (TPSA) is 75.4 Å². The number of benzene rings is 1. The molecule has 0 saturated carbocycles. The number of hydrogen-bond donors (Lipinski definition) is 2. The molecule has 1 heterocycles. The summed E-state index contributed by atoms with van der Waals surface area (Å²) in [5.41, 5.74) is 6.60. The van der Waals surface area contributed by atoms with Crippen molar-refractivity contribution in [2.75, 3.05) is 19.3 Å². The SMILES string of the molecule is CN1CCC(NC(=O)c2cc(N)ccc2Br)C1=O. The lowest BCUT2D eigenvalue weighted by Gasteiger charge is -2.13. The zero-order valence-electron chi connectivity index (χ0n) is 9.94. The first kappa shape index (κ1) is 12.9. The van der Waals surface area contributed by atoms with Gasteiger partial charge in [0.1, 0.15) is 6.04 Å². The number of rotatable bonds is 2. The predicted octanol–water partition coefficient (Wildman–Crippen LogP) is 0.992. The van der Waals surface area contributed by atoms with Crippen molar-refractivity contribution in [3.05, 3.63) is 28.2 Å². The van der Waals surface area contributed by atoms with Crippen LogP contribution in [-0.2, 0) is 4.79 Å². The van der Waals surface area contributed by atoms with E-state index >= 15 is 0 Å². The van der Waals surface area contributed by atoms with E-state index < -0.39 is 6.04 Å². The van der Waals surface area contributed by atoms with Crippen molar-refractivity contribution < 1.29 is 9.59 Å². The van der Waals surface area contributed by atoms with Crippen molar-refractivity contribution in [2.24, 2.45) is 0 Å². The maximum atomic E-state index is 12.1. The van der Waals surface area contributed by atoms with E-state index in [1.807, 2.05) is 0 Å². The fourth-order valence-electron chi connectivity index (χ4n) is 1.91. The zero-order valence-corrected chi connectivity index (χ0v) is 11.5. The van der Waals surface area contributed by atoms with Gasteiger partial charge in [0.05, 0.1) is 5.56 Å². The van der Waals surface area contributed by atoms with E-state index in [4.69, 9.17) is 5.73 Å². The largest absolute Gasteiger partial charge is 0.399 e. The van der Waals surface area contributed by atoms with Gasteiger partial charge in [-0.3, -0.25) is 9.59 Å². The van der Waals surface area contributed by atoms with E-state index in [2.05, 4.69) is 21.2 Å². The van der Waals surface area contributed by atoms with Gasteiger partial charge in [-0.05, 0) is 40.5 Å². The Bertz CT molecular complexity index is 504. The van der Waals surface area contributed by atoms with Crippen LogP contribution in [0.3, 0.4) is 0 Å². The quantitative estimate of drug-likeness (QED) is 0.800. The maximum Gasteiger partial charge on any atom is 0.253 e. The highest BCUT2D eigenvalue weighted by molar-refractivity contribution is 9.10. The number of halogens is 1. The number of carbonyl (C=O) groups is 2. The number of nitrogens with zero attached hydrogens (tertiary/aromatic N) is 1. The molecule has 5 nitrogen and oxygen atoms in total. The Morgan fingerprint density at radius 1 is 1.56 bits per heavy atom. The number of amides is 2. The average molecular weight is 312 g/mol. The molecule has 0 aromatic heterocycles. The molecule has 1 aliphatic heterocycles. The molecule has 0 spiro atoms. The summed E-state index contributed by atoms with van der Waals surface area (Å²) in [6.45, 7) is 0.669. The molecule has 0 bridgehead atoms.